The second kappa shape index (κ2) is 7.85. The zero-order chi connectivity index (χ0) is 17.6. The molecule has 2 aromatic carbocycles. The fraction of sp³-hybridized carbons (Fsp3) is 0. The van der Waals surface area contributed by atoms with Gasteiger partial charge in [0.05, 0.1) is 10.6 Å². The number of anilines is 1. The number of carbonyl (C=O) groups excluding carboxylic acids is 1. The highest BCUT2D eigenvalue weighted by atomic mass is 35.5. The summed E-state index contributed by atoms with van der Waals surface area (Å²) in [5.74, 6) is 5.70. The third-order valence-corrected chi connectivity index (χ3v) is 3.84. The lowest BCUT2D eigenvalue weighted by Crippen LogP contribution is -2.12. The molecule has 0 atom stereocenters. The van der Waals surface area contributed by atoms with Crippen LogP contribution in [-0.4, -0.2) is 10.9 Å². The van der Waals surface area contributed by atoms with Gasteiger partial charge in [-0.25, -0.2) is 4.98 Å². The number of nitrogens with zero attached hydrogens (tertiary/aromatic N) is 1. The summed E-state index contributed by atoms with van der Waals surface area (Å²) in [5, 5.41) is 3.59. The van der Waals surface area contributed by atoms with Crippen LogP contribution in [0.2, 0.25) is 10.0 Å². The number of pyridine rings is 1. The molecule has 3 nitrogen and oxygen atoms in total. The monoisotopic (exact) mass is 366 g/mol. The molecule has 0 aliphatic heterocycles. The average molecular weight is 367 g/mol. The number of nitrogens with one attached hydrogen (secondary N) is 1. The Hall–Kier alpha value is -2.80. The first-order valence-electron chi connectivity index (χ1n) is 7.41. The van der Waals surface area contributed by atoms with Crippen LogP contribution < -0.4 is 5.32 Å². The molecule has 0 aliphatic carbocycles. The molecule has 25 heavy (non-hydrogen) atoms. The van der Waals surface area contributed by atoms with Gasteiger partial charge in [0.25, 0.3) is 5.91 Å². The maximum absolute atomic E-state index is 12.4. The second-order valence-corrected chi connectivity index (χ2v) is 5.97. The number of amides is 1. The van der Waals surface area contributed by atoms with E-state index in [9.17, 15) is 4.79 Å². The topological polar surface area (TPSA) is 42.0 Å². The van der Waals surface area contributed by atoms with Gasteiger partial charge in [0.1, 0.15) is 5.69 Å². The number of halogens is 2. The van der Waals surface area contributed by atoms with Gasteiger partial charge in [0.15, 0.2) is 0 Å². The zero-order valence-electron chi connectivity index (χ0n) is 13.0. The fourth-order valence-corrected chi connectivity index (χ4v) is 2.61. The van der Waals surface area contributed by atoms with E-state index in [0.29, 0.717) is 27.0 Å². The van der Waals surface area contributed by atoms with Gasteiger partial charge in [0.2, 0.25) is 0 Å². The summed E-state index contributed by atoms with van der Waals surface area (Å²) in [6.45, 7) is 0. The quantitative estimate of drug-likeness (QED) is 0.645. The lowest BCUT2D eigenvalue weighted by molar-refractivity contribution is 0.102. The number of hydrogen-bond donors (Lipinski definition) is 1. The average Bonchev–Trinajstić information content (AvgIpc) is 2.61. The van der Waals surface area contributed by atoms with Crippen molar-refractivity contribution < 1.29 is 4.79 Å². The van der Waals surface area contributed by atoms with Crippen LogP contribution in [0.5, 0.6) is 0 Å². The lowest BCUT2D eigenvalue weighted by atomic mass is 10.1. The van der Waals surface area contributed by atoms with Crippen molar-refractivity contribution >= 4 is 34.8 Å². The van der Waals surface area contributed by atoms with Gasteiger partial charge in [-0.15, -0.1) is 0 Å². The zero-order valence-corrected chi connectivity index (χ0v) is 14.5. The van der Waals surface area contributed by atoms with Gasteiger partial charge in [0, 0.05) is 22.5 Å². The molecule has 3 rings (SSSR count). The molecule has 3 aromatic rings. The smallest absolute Gasteiger partial charge is 0.257 e. The largest absolute Gasteiger partial charge is 0.322 e. The summed E-state index contributed by atoms with van der Waals surface area (Å²) >= 11 is 11.9. The summed E-state index contributed by atoms with van der Waals surface area (Å²) in [5.41, 5.74) is 2.44. The first-order chi connectivity index (χ1) is 12.1. The van der Waals surface area contributed by atoms with Crippen molar-refractivity contribution in [3.8, 4) is 11.8 Å². The molecular weight excluding hydrogens is 355 g/mol. The number of hydrogen-bond acceptors (Lipinski definition) is 2. The van der Waals surface area contributed by atoms with E-state index < -0.39 is 0 Å². The summed E-state index contributed by atoms with van der Waals surface area (Å²) in [6.07, 6.45) is 1.69. The molecule has 1 aromatic heterocycles. The molecule has 1 N–H and O–H groups in total. The first-order valence-corrected chi connectivity index (χ1v) is 8.17. The van der Waals surface area contributed by atoms with E-state index in [0.717, 1.165) is 5.56 Å². The van der Waals surface area contributed by atoms with Crippen LogP contribution in [0.25, 0.3) is 0 Å². The molecule has 5 heteroatoms. The van der Waals surface area contributed by atoms with Gasteiger partial charge in [-0.05, 0) is 54.5 Å². The molecule has 0 fully saturated rings. The van der Waals surface area contributed by atoms with Gasteiger partial charge >= 0.3 is 0 Å². The number of rotatable bonds is 2. The van der Waals surface area contributed by atoms with E-state index in [1.807, 2.05) is 30.3 Å². The second-order valence-electron chi connectivity index (χ2n) is 5.12. The number of benzene rings is 2. The Bertz CT molecular complexity index is 976. The minimum atomic E-state index is -0.309. The standard InChI is InChI=1S/C20H12Cl2N2O/c21-15-8-10-18(19(22)13-15)20(25)24-17-6-3-4-14(12-17)7-9-16-5-1-2-11-23-16/h1-6,8,10-13H,(H,24,25). The van der Waals surface area contributed by atoms with Crippen LogP contribution in [0, 0.1) is 11.8 Å². The molecule has 0 unspecified atom stereocenters. The fourth-order valence-electron chi connectivity index (χ4n) is 2.12. The van der Waals surface area contributed by atoms with Gasteiger partial charge in [-0.2, -0.15) is 0 Å². The summed E-state index contributed by atoms with van der Waals surface area (Å²) in [4.78, 5) is 16.5. The van der Waals surface area contributed by atoms with Crippen LogP contribution >= 0.6 is 23.2 Å². The summed E-state index contributed by atoms with van der Waals surface area (Å²) < 4.78 is 0. The van der Waals surface area contributed by atoms with Crippen LogP contribution in [0.15, 0.2) is 66.9 Å². The number of carbonyl (C=O) groups is 1. The third kappa shape index (κ3) is 4.60. The Morgan fingerprint density at radius 1 is 0.960 bits per heavy atom. The van der Waals surface area contributed by atoms with E-state index in [4.69, 9.17) is 23.2 Å². The lowest BCUT2D eigenvalue weighted by Gasteiger charge is -2.07. The van der Waals surface area contributed by atoms with Crippen molar-refractivity contribution in [1.29, 1.82) is 0 Å². The van der Waals surface area contributed by atoms with Gasteiger partial charge < -0.3 is 5.32 Å². The first kappa shape index (κ1) is 17.0. The molecule has 1 heterocycles. The van der Waals surface area contributed by atoms with Crippen molar-refractivity contribution in [3.63, 3.8) is 0 Å². The number of aromatic nitrogens is 1. The molecule has 0 radical (unpaired) electrons. The van der Waals surface area contributed by atoms with Crippen molar-refractivity contribution in [3.05, 3.63) is 93.7 Å². The van der Waals surface area contributed by atoms with Crippen molar-refractivity contribution in [2.75, 3.05) is 5.32 Å². The van der Waals surface area contributed by atoms with Gasteiger partial charge in [-0.1, -0.05) is 41.3 Å². The normalized spacial score (nSPS) is 9.84. The summed E-state index contributed by atoms with van der Waals surface area (Å²) in [7, 11) is 0. The van der Waals surface area contributed by atoms with E-state index in [1.165, 1.54) is 6.07 Å². The van der Waals surface area contributed by atoms with Gasteiger partial charge in [-0.3, -0.25) is 4.79 Å². The highest BCUT2D eigenvalue weighted by Gasteiger charge is 2.11. The van der Waals surface area contributed by atoms with Crippen LogP contribution in [0.4, 0.5) is 5.69 Å². The Balaban J connectivity index is 1.78. The Morgan fingerprint density at radius 2 is 1.84 bits per heavy atom. The molecule has 122 valence electrons. The summed E-state index contributed by atoms with van der Waals surface area (Å²) in [6, 6.07) is 17.6. The maximum Gasteiger partial charge on any atom is 0.257 e. The maximum atomic E-state index is 12.4. The Kier molecular flexibility index (Phi) is 5.35. The highest BCUT2D eigenvalue weighted by molar-refractivity contribution is 6.37. The molecule has 0 bridgehead atoms. The SMILES string of the molecule is O=C(Nc1cccc(C#Cc2ccccn2)c1)c1ccc(Cl)cc1Cl. The predicted molar refractivity (Wildman–Crippen MR) is 101 cm³/mol. The van der Waals surface area contributed by atoms with E-state index in [1.54, 1.807) is 30.5 Å². The minimum Gasteiger partial charge on any atom is -0.322 e. The molecular formula is C20H12Cl2N2O. The minimum absolute atomic E-state index is 0.302. The van der Waals surface area contributed by atoms with E-state index >= 15 is 0 Å². The Labute approximate surface area is 155 Å². The molecule has 1 amide bonds. The van der Waals surface area contributed by atoms with E-state index in [2.05, 4.69) is 22.1 Å². The van der Waals surface area contributed by atoms with Crippen LogP contribution in [-0.2, 0) is 0 Å². The van der Waals surface area contributed by atoms with Crippen molar-refractivity contribution in [1.82, 2.24) is 4.98 Å². The molecule has 0 saturated carbocycles. The Morgan fingerprint density at radius 3 is 2.60 bits per heavy atom. The predicted octanol–water partition coefficient (Wildman–Crippen LogP) is 5.04. The van der Waals surface area contributed by atoms with Crippen LogP contribution in [0.3, 0.4) is 0 Å². The highest BCUT2D eigenvalue weighted by Crippen LogP contribution is 2.22. The van der Waals surface area contributed by atoms with Crippen LogP contribution in [0.1, 0.15) is 21.6 Å². The van der Waals surface area contributed by atoms with Crippen molar-refractivity contribution in [2.24, 2.45) is 0 Å². The molecule has 0 spiro atoms. The van der Waals surface area contributed by atoms with E-state index in [-0.39, 0.29) is 5.91 Å². The molecule has 0 saturated heterocycles. The molecule has 0 aliphatic rings. The third-order valence-electron chi connectivity index (χ3n) is 3.30. The van der Waals surface area contributed by atoms with Crippen molar-refractivity contribution in [2.45, 2.75) is 0 Å².